The first-order valence-corrected chi connectivity index (χ1v) is 8.46. The second-order valence-electron chi connectivity index (χ2n) is 6.25. The smallest absolute Gasteiger partial charge is 0.353 e. The van der Waals surface area contributed by atoms with Crippen LogP contribution >= 0.6 is 0 Å². The third kappa shape index (κ3) is 4.53. The molecule has 0 heterocycles. The fourth-order valence-electron chi connectivity index (χ4n) is 2.79. The third-order valence-corrected chi connectivity index (χ3v) is 4.18. The summed E-state index contributed by atoms with van der Waals surface area (Å²) in [7, 11) is 0. The van der Waals surface area contributed by atoms with Crippen LogP contribution in [0.15, 0.2) is 60.7 Å². The lowest BCUT2D eigenvalue weighted by Crippen LogP contribution is -2.15. The normalized spacial score (nSPS) is 11.2. The number of carbonyl (C=O) groups excluding carboxylic acids is 1. The van der Waals surface area contributed by atoms with E-state index in [0.29, 0.717) is 5.56 Å². The minimum atomic E-state index is -4.61. The predicted molar refractivity (Wildman–Crippen MR) is 100 cm³/mol. The Hall–Kier alpha value is -3.42. The molecule has 2 N–H and O–H groups in total. The van der Waals surface area contributed by atoms with E-state index in [9.17, 15) is 26.7 Å². The molecular weight excluding hydrogens is 391 g/mol. The van der Waals surface area contributed by atoms with Gasteiger partial charge in [0.05, 0.1) is 22.5 Å². The van der Waals surface area contributed by atoms with E-state index in [2.05, 4.69) is 10.6 Å². The number of para-hydroxylation sites is 1. The highest BCUT2D eigenvalue weighted by Crippen LogP contribution is 2.36. The fraction of sp³-hybridized carbons (Fsp3) is 0.0952. The Balaban J connectivity index is 1.82. The molecule has 0 saturated heterocycles. The molecule has 0 aliphatic heterocycles. The van der Waals surface area contributed by atoms with Gasteiger partial charge in [-0.15, -0.1) is 0 Å². The lowest BCUT2D eigenvalue weighted by Gasteiger charge is -2.15. The molecule has 1 amide bonds. The summed E-state index contributed by atoms with van der Waals surface area (Å²) in [6, 6.07) is 12.3. The molecule has 3 nitrogen and oxygen atoms in total. The molecule has 3 aromatic carbocycles. The standard InChI is InChI=1S/C21H15F5N2O/c1-12-5-4-7-15(22)19(12)20(29)27-13-9-10-18(16(23)11-13)28-17-8-3-2-6-14(17)21(24,25)26/h2-11,28H,1H3,(H,27,29). The van der Waals surface area contributed by atoms with Crippen molar-refractivity contribution in [3.05, 3.63) is 89.0 Å². The van der Waals surface area contributed by atoms with Crippen molar-refractivity contribution < 1.29 is 26.7 Å². The van der Waals surface area contributed by atoms with Gasteiger partial charge in [0.1, 0.15) is 11.6 Å². The minimum Gasteiger partial charge on any atom is -0.353 e. The second kappa shape index (κ2) is 7.90. The molecule has 0 radical (unpaired) electrons. The van der Waals surface area contributed by atoms with Crippen molar-refractivity contribution in [1.29, 1.82) is 0 Å². The number of nitrogens with one attached hydrogen (secondary N) is 2. The molecule has 3 rings (SSSR count). The minimum absolute atomic E-state index is 0.0322. The number of rotatable bonds is 4. The van der Waals surface area contributed by atoms with E-state index >= 15 is 0 Å². The van der Waals surface area contributed by atoms with E-state index in [-0.39, 0.29) is 22.6 Å². The molecule has 0 fully saturated rings. The van der Waals surface area contributed by atoms with Gasteiger partial charge >= 0.3 is 6.18 Å². The van der Waals surface area contributed by atoms with E-state index in [1.807, 2.05) is 0 Å². The van der Waals surface area contributed by atoms with Crippen LogP contribution in [0.4, 0.5) is 39.0 Å². The van der Waals surface area contributed by atoms with Gasteiger partial charge < -0.3 is 10.6 Å². The van der Waals surface area contributed by atoms with Gasteiger partial charge in [-0.05, 0) is 48.9 Å². The highest BCUT2D eigenvalue weighted by atomic mass is 19.4. The summed E-state index contributed by atoms with van der Waals surface area (Å²) in [6.07, 6.45) is -4.61. The van der Waals surface area contributed by atoms with Crippen LogP contribution in [0.1, 0.15) is 21.5 Å². The molecule has 0 saturated carbocycles. The van der Waals surface area contributed by atoms with Crippen molar-refractivity contribution in [2.75, 3.05) is 10.6 Å². The van der Waals surface area contributed by atoms with Gasteiger partial charge in [0.25, 0.3) is 5.91 Å². The molecular formula is C21H15F5N2O. The van der Waals surface area contributed by atoms with Crippen molar-refractivity contribution >= 4 is 23.0 Å². The summed E-state index contributed by atoms with van der Waals surface area (Å²) >= 11 is 0. The SMILES string of the molecule is Cc1cccc(F)c1C(=O)Nc1ccc(Nc2ccccc2C(F)(F)F)c(F)c1. The first kappa shape index (κ1) is 20.3. The van der Waals surface area contributed by atoms with Crippen LogP contribution in [-0.4, -0.2) is 5.91 Å². The Labute approximate surface area is 163 Å². The zero-order valence-corrected chi connectivity index (χ0v) is 15.1. The predicted octanol–water partition coefficient (Wildman–Crippen LogP) is 6.29. The molecule has 29 heavy (non-hydrogen) atoms. The van der Waals surface area contributed by atoms with Gasteiger partial charge in [0, 0.05) is 5.69 Å². The summed E-state index contributed by atoms with van der Waals surface area (Å²) in [5.74, 6) is -2.36. The number of aryl methyl sites for hydroxylation is 1. The number of carbonyl (C=O) groups is 1. The average Bonchev–Trinajstić information content (AvgIpc) is 2.63. The highest BCUT2D eigenvalue weighted by Gasteiger charge is 2.33. The van der Waals surface area contributed by atoms with Gasteiger partial charge in [0.15, 0.2) is 0 Å². The summed E-state index contributed by atoms with van der Waals surface area (Å²) < 4.78 is 67.5. The van der Waals surface area contributed by atoms with Crippen molar-refractivity contribution in [2.24, 2.45) is 0 Å². The number of hydrogen-bond donors (Lipinski definition) is 2. The van der Waals surface area contributed by atoms with Gasteiger partial charge in [0.2, 0.25) is 0 Å². The van der Waals surface area contributed by atoms with Crippen LogP contribution in [0.2, 0.25) is 0 Å². The van der Waals surface area contributed by atoms with Crippen molar-refractivity contribution in [3.8, 4) is 0 Å². The van der Waals surface area contributed by atoms with Crippen molar-refractivity contribution in [3.63, 3.8) is 0 Å². The quantitative estimate of drug-likeness (QED) is 0.500. The van der Waals surface area contributed by atoms with E-state index in [1.54, 1.807) is 13.0 Å². The first-order chi connectivity index (χ1) is 13.7. The molecule has 0 aliphatic rings. The highest BCUT2D eigenvalue weighted by molar-refractivity contribution is 6.05. The lowest BCUT2D eigenvalue weighted by atomic mass is 10.1. The van der Waals surface area contributed by atoms with E-state index in [1.165, 1.54) is 36.4 Å². The Morgan fingerprint density at radius 1 is 0.862 bits per heavy atom. The van der Waals surface area contributed by atoms with E-state index in [4.69, 9.17) is 0 Å². The zero-order valence-electron chi connectivity index (χ0n) is 15.1. The van der Waals surface area contributed by atoms with Crippen LogP contribution in [0.25, 0.3) is 0 Å². The van der Waals surface area contributed by atoms with Crippen LogP contribution in [0.5, 0.6) is 0 Å². The summed E-state index contributed by atoms with van der Waals surface area (Å²) in [5, 5.41) is 4.79. The zero-order chi connectivity index (χ0) is 21.2. The number of hydrogen-bond acceptors (Lipinski definition) is 2. The monoisotopic (exact) mass is 406 g/mol. The average molecular weight is 406 g/mol. The lowest BCUT2D eigenvalue weighted by molar-refractivity contribution is -0.136. The Morgan fingerprint density at radius 3 is 2.24 bits per heavy atom. The number of anilines is 3. The Kier molecular flexibility index (Phi) is 5.54. The molecule has 3 aromatic rings. The van der Waals surface area contributed by atoms with Crippen LogP contribution < -0.4 is 10.6 Å². The molecule has 0 spiro atoms. The van der Waals surface area contributed by atoms with Gasteiger partial charge in [-0.3, -0.25) is 4.79 Å². The topological polar surface area (TPSA) is 41.1 Å². The van der Waals surface area contributed by atoms with Crippen LogP contribution in [-0.2, 0) is 6.18 Å². The fourth-order valence-corrected chi connectivity index (χ4v) is 2.79. The largest absolute Gasteiger partial charge is 0.418 e. The summed E-state index contributed by atoms with van der Waals surface area (Å²) in [6.45, 7) is 1.56. The Bertz CT molecular complexity index is 1040. The summed E-state index contributed by atoms with van der Waals surface area (Å²) in [5.41, 5.74) is -1.18. The number of halogens is 5. The van der Waals surface area contributed by atoms with Crippen molar-refractivity contribution in [1.82, 2.24) is 0 Å². The molecule has 0 unspecified atom stereocenters. The molecule has 0 aliphatic carbocycles. The van der Waals surface area contributed by atoms with Crippen LogP contribution in [0.3, 0.4) is 0 Å². The van der Waals surface area contributed by atoms with Gasteiger partial charge in [-0.25, -0.2) is 8.78 Å². The maximum Gasteiger partial charge on any atom is 0.418 e. The van der Waals surface area contributed by atoms with Crippen molar-refractivity contribution in [2.45, 2.75) is 13.1 Å². The van der Waals surface area contributed by atoms with Gasteiger partial charge in [-0.2, -0.15) is 13.2 Å². The third-order valence-electron chi connectivity index (χ3n) is 4.18. The number of benzene rings is 3. The molecule has 0 aromatic heterocycles. The molecule has 0 bridgehead atoms. The molecule has 8 heteroatoms. The molecule has 150 valence electrons. The second-order valence-corrected chi connectivity index (χ2v) is 6.25. The number of alkyl halides is 3. The maximum absolute atomic E-state index is 14.4. The van der Waals surface area contributed by atoms with Crippen LogP contribution in [0, 0.1) is 18.6 Å². The summed E-state index contributed by atoms with van der Waals surface area (Å²) in [4.78, 5) is 12.3. The number of amides is 1. The van der Waals surface area contributed by atoms with E-state index < -0.39 is 29.3 Å². The molecule has 0 atom stereocenters. The van der Waals surface area contributed by atoms with Gasteiger partial charge in [-0.1, -0.05) is 24.3 Å². The Morgan fingerprint density at radius 2 is 1.59 bits per heavy atom. The maximum atomic E-state index is 14.4. The first-order valence-electron chi connectivity index (χ1n) is 8.46. The van der Waals surface area contributed by atoms with E-state index in [0.717, 1.165) is 18.2 Å².